The zero-order chi connectivity index (χ0) is 11.6. The van der Waals surface area contributed by atoms with E-state index in [-0.39, 0.29) is 0 Å². The van der Waals surface area contributed by atoms with Crippen LogP contribution in [0.2, 0.25) is 0 Å². The van der Waals surface area contributed by atoms with Crippen molar-refractivity contribution in [2.75, 3.05) is 6.61 Å². The Morgan fingerprint density at radius 3 is 2.47 bits per heavy atom. The van der Waals surface area contributed by atoms with Gasteiger partial charge in [-0.05, 0) is 25.1 Å². The molecule has 84 valence electrons. The van der Waals surface area contributed by atoms with Crippen LogP contribution in [0.15, 0.2) is 18.2 Å². The van der Waals surface area contributed by atoms with Crippen LogP contribution in [0.4, 0.5) is 8.78 Å². The second kappa shape index (κ2) is 4.22. The molecular formula is C10H12F2O3. The molecule has 2 atom stereocenters. The number of aliphatic hydroxyl groups is 3. The van der Waals surface area contributed by atoms with Crippen molar-refractivity contribution in [1.29, 1.82) is 0 Å². The van der Waals surface area contributed by atoms with Crippen LogP contribution in [-0.4, -0.2) is 28.0 Å². The van der Waals surface area contributed by atoms with Crippen molar-refractivity contribution in [1.82, 2.24) is 0 Å². The molecule has 5 heteroatoms. The maximum Gasteiger partial charge on any atom is 0.141 e. The number of aliphatic hydroxyl groups excluding tert-OH is 2. The average Bonchev–Trinajstić information content (AvgIpc) is 2.20. The SMILES string of the molecule is C[C@@H](O)[C@](O)(CO)c1cc(F)ccc1F. The quantitative estimate of drug-likeness (QED) is 0.693. The van der Waals surface area contributed by atoms with E-state index in [4.69, 9.17) is 5.11 Å². The Balaban J connectivity index is 3.29. The maximum absolute atomic E-state index is 13.3. The predicted molar refractivity (Wildman–Crippen MR) is 49.0 cm³/mol. The number of halogens is 2. The van der Waals surface area contributed by atoms with Gasteiger partial charge in [0.05, 0.1) is 12.7 Å². The molecule has 0 saturated carbocycles. The summed E-state index contributed by atoms with van der Waals surface area (Å²) in [7, 11) is 0. The topological polar surface area (TPSA) is 60.7 Å². The molecular weight excluding hydrogens is 206 g/mol. The molecule has 0 saturated heterocycles. The van der Waals surface area contributed by atoms with E-state index in [1.165, 1.54) is 6.92 Å². The molecule has 0 radical (unpaired) electrons. The van der Waals surface area contributed by atoms with E-state index < -0.39 is 35.5 Å². The highest BCUT2D eigenvalue weighted by molar-refractivity contribution is 5.26. The largest absolute Gasteiger partial charge is 0.393 e. The van der Waals surface area contributed by atoms with E-state index in [2.05, 4.69) is 0 Å². The lowest BCUT2D eigenvalue weighted by atomic mass is 9.89. The molecule has 0 bridgehead atoms. The highest BCUT2D eigenvalue weighted by atomic mass is 19.1. The van der Waals surface area contributed by atoms with Gasteiger partial charge in [-0.15, -0.1) is 0 Å². The molecule has 1 aromatic carbocycles. The molecule has 0 unspecified atom stereocenters. The van der Waals surface area contributed by atoms with E-state index in [0.29, 0.717) is 0 Å². The highest BCUT2D eigenvalue weighted by Gasteiger charge is 2.36. The van der Waals surface area contributed by atoms with Gasteiger partial charge >= 0.3 is 0 Å². The fraction of sp³-hybridized carbons (Fsp3) is 0.400. The number of rotatable bonds is 3. The minimum Gasteiger partial charge on any atom is -0.393 e. The first-order chi connectivity index (χ1) is 6.91. The first-order valence-electron chi connectivity index (χ1n) is 4.38. The van der Waals surface area contributed by atoms with Gasteiger partial charge in [0.15, 0.2) is 0 Å². The lowest BCUT2D eigenvalue weighted by Crippen LogP contribution is -2.42. The Morgan fingerprint density at radius 2 is 2.00 bits per heavy atom. The summed E-state index contributed by atoms with van der Waals surface area (Å²) in [5.74, 6) is -1.63. The van der Waals surface area contributed by atoms with Crippen molar-refractivity contribution < 1.29 is 24.1 Å². The van der Waals surface area contributed by atoms with Gasteiger partial charge in [-0.25, -0.2) is 8.78 Å². The van der Waals surface area contributed by atoms with Crippen molar-refractivity contribution in [3.05, 3.63) is 35.4 Å². The van der Waals surface area contributed by atoms with Crippen LogP contribution in [0.25, 0.3) is 0 Å². The molecule has 0 spiro atoms. The van der Waals surface area contributed by atoms with Crippen LogP contribution >= 0.6 is 0 Å². The molecule has 1 aromatic rings. The zero-order valence-corrected chi connectivity index (χ0v) is 8.11. The number of hydrogen-bond acceptors (Lipinski definition) is 3. The van der Waals surface area contributed by atoms with Gasteiger partial charge in [0.2, 0.25) is 0 Å². The Kier molecular flexibility index (Phi) is 3.38. The van der Waals surface area contributed by atoms with Crippen LogP contribution in [0, 0.1) is 11.6 Å². The third kappa shape index (κ3) is 2.14. The lowest BCUT2D eigenvalue weighted by Gasteiger charge is -2.29. The average molecular weight is 218 g/mol. The first-order valence-corrected chi connectivity index (χ1v) is 4.38. The molecule has 0 amide bonds. The lowest BCUT2D eigenvalue weighted by molar-refractivity contribution is -0.105. The Morgan fingerprint density at radius 1 is 1.40 bits per heavy atom. The number of benzene rings is 1. The highest BCUT2D eigenvalue weighted by Crippen LogP contribution is 2.27. The molecule has 1 rings (SSSR count). The summed E-state index contributed by atoms with van der Waals surface area (Å²) in [5.41, 5.74) is -2.65. The van der Waals surface area contributed by atoms with Crippen LogP contribution in [0.5, 0.6) is 0 Å². The third-order valence-corrected chi connectivity index (χ3v) is 2.33. The summed E-state index contributed by atoms with van der Waals surface area (Å²) < 4.78 is 26.1. The predicted octanol–water partition coefficient (Wildman–Crippen LogP) is 0.526. The smallest absolute Gasteiger partial charge is 0.141 e. The summed E-state index contributed by atoms with van der Waals surface area (Å²) in [6, 6.07) is 2.46. The number of hydrogen-bond donors (Lipinski definition) is 3. The Bertz CT molecular complexity index is 355. The van der Waals surface area contributed by atoms with Gasteiger partial charge in [-0.1, -0.05) is 0 Å². The summed E-state index contributed by atoms with van der Waals surface area (Å²) in [4.78, 5) is 0. The molecule has 3 nitrogen and oxygen atoms in total. The molecule has 0 fully saturated rings. The van der Waals surface area contributed by atoms with E-state index >= 15 is 0 Å². The van der Waals surface area contributed by atoms with Gasteiger partial charge in [-0.2, -0.15) is 0 Å². The summed E-state index contributed by atoms with van der Waals surface area (Å²) in [6.07, 6.45) is -1.42. The zero-order valence-electron chi connectivity index (χ0n) is 8.11. The fourth-order valence-corrected chi connectivity index (χ4v) is 1.27. The summed E-state index contributed by atoms with van der Waals surface area (Å²) >= 11 is 0. The third-order valence-electron chi connectivity index (χ3n) is 2.33. The van der Waals surface area contributed by atoms with Gasteiger partial charge in [0, 0.05) is 5.56 Å². The van der Waals surface area contributed by atoms with Crippen molar-refractivity contribution >= 4 is 0 Å². The Labute approximate surface area is 85.6 Å². The summed E-state index contributed by atoms with van der Waals surface area (Å²) in [5, 5.41) is 27.9. The van der Waals surface area contributed by atoms with Crippen molar-refractivity contribution in [2.24, 2.45) is 0 Å². The van der Waals surface area contributed by atoms with Crippen molar-refractivity contribution in [2.45, 2.75) is 18.6 Å². The normalized spacial score (nSPS) is 17.2. The minimum absolute atomic E-state index is 0.458. The van der Waals surface area contributed by atoms with E-state index in [0.717, 1.165) is 18.2 Å². The maximum atomic E-state index is 13.3. The molecule has 15 heavy (non-hydrogen) atoms. The van der Waals surface area contributed by atoms with Crippen LogP contribution in [0.3, 0.4) is 0 Å². The van der Waals surface area contributed by atoms with Crippen LogP contribution in [0.1, 0.15) is 12.5 Å². The summed E-state index contributed by atoms with van der Waals surface area (Å²) in [6.45, 7) is 0.283. The monoisotopic (exact) mass is 218 g/mol. The van der Waals surface area contributed by atoms with Gasteiger partial charge in [0.1, 0.15) is 17.2 Å². The molecule has 0 aliphatic rings. The second-order valence-electron chi connectivity index (χ2n) is 3.38. The van der Waals surface area contributed by atoms with Crippen molar-refractivity contribution in [3.8, 4) is 0 Å². The van der Waals surface area contributed by atoms with E-state index in [9.17, 15) is 19.0 Å². The minimum atomic E-state index is -2.19. The Hall–Kier alpha value is -1.04. The fourth-order valence-electron chi connectivity index (χ4n) is 1.27. The second-order valence-corrected chi connectivity index (χ2v) is 3.38. The van der Waals surface area contributed by atoms with Gasteiger partial charge < -0.3 is 15.3 Å². The van der Waals surface area contributed by atoms with E-state index in [1.807, 2.05) is 0 Å². The molecule has 0 aliphatic carbocycles. The molecule has 0 aliphatic heterocycles. The van der Waals surface area contributed by atoms with Gasteiger partial charge in [0.25, 0.3) is 0 Å². The van der Waals surface area contributed by atoms with Crippen molar-refractivity contribution in [3.63, 3.8) is 0 Å². The van der Waals surface area contributed by atoms with E-state index in [1.54, 1.807) is 0 Å². The molecule has 0 heterocycles. The first kappa shape index (κ1) is 12.0. The van der Waals surface area contributed by atoms with Crippen LogP contribution < -0.4 is 0 Å². The molecule has 0 aromatic heterocycles. The van der Waals surface area contributed by atoms with Crippen LogP contribution in [-0.2, 0) is 5.60 Å². The molecule has 3 N–H and O–H groups in total. The standard InChI is InChI=1S/C10H12F2O3/c1-6(14)10(15,5-13)8-4-7(11)2-3-9(8)12/h2-4,6,13-15H,5H2,1H3/t6-,10-/m1/s1. The van der Waals surface area contributed by atoms with Gasteiger partial charge in [-0.3, -0.25) is 0 Å².